The summed E-state index contributed by atoms with van der Waals surface area (Å²) < 4.78 is 5.01. The largest absolute Gasteiger partial charge is 0.449 e. The van der Waals surface area contributed by atoms with Gasteiger partial charge in [-0.15, -0.1) is 0 Å². The quantitative estimate of drug-likeness (QED) is 0.812. The van der Waals surface area contributed by atoms with Gasteiger partial charge in [0, 0.05) is 0 Å². The topological polar surface area (TPSA) is 58.6 Å². The van der Waals surface area contributed by atoms with Gasteiger partial charge >= 0.3 is 6.09 Å². The monoisotopic (exact) mass is 251 g/mol. The van der Waals surface area contributed by atoms with Gasteiger partial charge in [0.15, 0.2) is 0 Å². The molecule has 0 saturated carbocycles. The molecule has 4 heteroatoms. The Morgan fingerprint density at radius 1 is 1.33 bits per heavy atom. The molecule has 1 atom stereocenters. The lowest BCUT2D eigenvalue weighted by Crippen LogP contribution is -2.39. The molecule has 0 spiro atoms. The van der Waals surface area contributed by atoms with E-state index >= 15 is 0 Å². The van der Waals surface area contributed by atoms with E-state index in [9.17, 15) is 9.90 Å². The molecule has 0 aliphatic carbocycles. The first kappa shape index (κ1) is 14.5. The Morgan fingerprint density at radius 3 is 2.56 bits per heavy atom. The van der Waals surface area contributed by atoms with Gasteiger partial charge < -0.3 is 15.2 Å². The van der Waals surface area contributed by atoms with Gasteiger partial charge in [-0.1, -0.05) is 44.2 Å². The summed E-state index contributed by atoms with van der Waals surface area (Å²) in [6, 6.07) is 9.41. The summed E-state index contributed by atoms with van der Waals surface area (Å²) in [7, 11) is 0. The van der Waals surface area contributed by atoms with Gasteiger partial charge in [-0.05, 0) is 17.9 Å². The third kappa shape index (κ3) is 5.68. The Labute approximate surface area is 108 Å². The van der Waals surface area contributed by atoms with Gasteiger partial charge in [-0.25, -0.2) is 4.79 Å². The normalized spacial score (nSPS) is 12.2. The SMILES string of the molecule is CC(C)COC(=O)N[C@H](CO)Cc1ccccc1. The minimum absolute atomic E-state index is 0.105. The maximum Gasteiger partial charge on any atom is 0.407 e. The minimum Gasteiger partial charge on any atom is -0.449 e. The molecule has 1 rings (SSSR count). The average molecular weight is 251 g/mol. The van der Waals surface area contributed by atoms with Crippen molar-refractivity contribution in [3.63, 3.8) is 0 Å². The summed E-state index contributed by atoms with van der Waals surface area (Å²) in [5.74, 6) is 0.303. The number of nitrogens with one attached hydrogen (secondary N) is 1. The Bertz CT molecular complexity index is 351. The second-order valence-corrected chi connectivity index (χ2v) is 4.71. The molecule has 0 heterocycles. The first-order chi connectivity index (χ1) is 8.61. The van der Waals surface area contributed by atoms with E-state index in [1.165, 1.54) is 0 Å². The van der Waals surface area contributed by atoms with Crippen LogP contribution in [0.1, 0.15) is 19.4 Å². The molecular weight excluding hydrogens is 230 g/mol. The molecular formula is C14H21NO3. The van der Waals surface area contributed by atoms with E-state index in [1.54, 1.807) is 0 Å². The maximum atomic E-state index is 11.5. The number of alkyl carbamates (subject to hydrolysis) is 1. The van der Waals surface area contributed by atoms with Crippen LogP contribution in [0.4, 0.5) is 4.79 Å². The molecule has 0 unspecified atom stereocenters. The van der Waals surface area contributed by atoms with Crippen molar-refractivity contribution in [1.82, 2.24) is 5.32 Å². The van der Waals surface area contributed by atoms with Gasteiger partial charge in [-0.3, -0.25) is 0 Å². The molecule has 4 nitrogen and oxygen atoms in total. The summed E-state index contributed by atoms with van der Waals surface area (Å²) in [5, 5.41) is 11.9. The van der Waals surface area contributed by atoms with E-state index in [4.69, 9.17) is 4.74 Å². The van der Waals surface area contributed by atoms with Gasteiger partial charge in [0.1, 0.15) is 0 Å². The van der Waals surface area contributed by atoms with Crippen LogP contribution in [0.3, 0.4) is 0 Å². The number of aliphatic hydroxyl groups is 1. The fourth-order valence-electron chi connectivity index (χ4n) is 1.51. The highest BCUT2D eigenvalue weighted by molar-refractivity contribution is 5.67. The molecule has 0 aliphatic rings. The maximum absolute atomic E-state index is 11.5. The molecule has 0 radical (unpaired) electrons. The van der Waals surface area contributed by atoms with Crippen LogP contribution in [0.5, 0.6) is 0 Å². The lowest BCUT2D eigenvalue weighted by atomic mass is 10.1. The minimum atomic E-state index is -0.473. The zero-order chi connectivity index (χ0) is 13.4. The zero-order valence-electron chi connectivity index (χ0n) is 10.9. The molecule has 2 N–H and O–H groups in total. The molecule has 0 bridgehead atoms. The van der Waals surface area contributed by atoms with Crippen molar-refractivity contribution in [2.75, 3.05) is 13.2 Å². The number of aliphatic hydroxyl groups excluding tert-OH is 1. The van der Waals surface area contributed by atoms with E-state index in [0.29, 0.717) is 18.9 Å². The van der Waals surface area contributed by atoms with Crippen LogP contribution in [0, 0.1) is 5.92 Å². The number of carbonyl (C=O) groups is 1. The van der Waals surface area contributed by atoms with Crippen LogP contribution in [0.2, 0.25) is 0 Å². The number of hydrogen-bond donors (Lipinski definition) is 2. The zero-order valence-corrected chi connectivity index (χ0v) is 10.9. The van der Waals surface area contributed by atoms with Crippen molar-refractivity contribution in [3.05, 3.63) is 35.9 Å². The van der Waals surface area contributed by atoms with Crippen LogP contribution in [0.15, 0.2) is 30.3 Å². The van der Waals surface area contributed by atoms with Crippen LogP contribution in [0.25, 0.3) is 0 Å². The third-order valence-corrected chi connectivity index (χ3v) is 2.42. The van der Waals surface area contributed by atoms with Crippen molar-refractivity contribution >= 4 is 6.09 Å². The molecule has 0 aromatic heterocycles. The second-order valence-electron chi connectivity index (χ2n) is 4.71. The Balaban J connectivity index is 2.40. The van der Waals surface area contributed by atoms with E-state index in [1.807, 2.05) is 44.2 Å². The molecule has 18 heavy (non-hydrogen) atoms. The fraction of sp³-hybridized carbons (Fsp3) is 0.500. The van der Waals surface area contributed by atoms with Crippen molar-refractivity contribution in [2.45, 2.75) is 26.3 Å². The highest BCUT2D eigenvalue weighted by Gasteiger charge is 2.13. The van der Waals surface area contributed by atoms with Crippen LogP contribution >= 0.6 is 0 Å². The van der Waals surface area contributed by atoms with Gasteiger partial charge in [0.2, 0.25) is 0 Å². The summed E-state index contributed by atoms with van der Waals surface area (Å²) in [6.07, 6.45) is 0.118. The number of carbonyl (C=O) groups excluding carboxylic acids is 1. The molecule has 100 valence electrons. The van der Waals surface area contributed by atoms with E-state index < -0.39 is 6.09 Å². The first-order valence-electron chi connectivity index (χ1n) is 6.20. The molecule has 0 aliphatic heterocycles. The molecule has 1 amide bonds. The number of amides is 1. The highest BCUT2D eigenvalue weighted by Crippen LogP contribution is 2.03. The predicted octanol–water partition coefficient (Wildman–Crippen LogP) is 1.97. The molecule has 1 aromatic rings. The van der Waals surface area contributed by atoms with Gasteiger partial charge in [0.05, 0.1) is 19.3 Å². The lowest BCUT2D eigenvalue weighted by molar-refractivity contribution is 0.123. The molecule has 0 saturated heterocycles. The number of rotatable bonds is 6. The number of hydrogen-bond acceptors (Lipinski definition) is 3. The standard InChI is InChI=1S/C14H21NO3/c1-11(2)10-18-14(17)15-13(9-16)8-12-6-4-3-5-7-12/h3-7,11,13,16H,8-10H2,1-2H3,(H,15,17)/t13-/m0/s1. The Morgan fingerprint density at radius 2 is 2.00 bits per heavy atom. The predicted molar refractivity (Wildman–Crippen MR) is 70.3 cm³/mol. The fourth-order valence-corrected chi connectivity index (χ4v) is 1.51. The smallest absolute Gasteiger partial charge is 0.407 e. The summed E-state index contributed by atoms with van der Waals surface area (Å²) >= 11 is 0. The number of ether oxygens (including phenoxy) is 1. The second kappa shape index (κ2) is 7.71. The van der Waals surface area contributed by atoms with Gasteiger partial charge in [0.25, 0.3) is 0 Å². The third-order valence-electron chi connectivity index (χ3n) is 2.42. The first-order valence-corrected chi connectivity index (χ1v) is 6.20. The Hall–Kier alpha value is -1.55. The van der Waals surface area contributed by atoms with E-state index in [0.717, 1.165) is 5.56 Å². The van der Waals surface area contributed by atoms with Crippen LogP contribution in [-0.4, -0.2) is 30.5 Å². The van der Waals surface area contributed by atoms with Gasteiger partial charge in [-0.2, -0.15) is 0 Å². The molecule has 1 aromatic carbocycles. The number of benzene rings is 1. The van der Waals surface area contributed by atoms with Crippen LogP contribution in [-0.2, 0) is 11.2 Å². The average Bonchev–Trinajstić information content (AvgIpc) is 2.37. The van der Waals surface area contributed by atoms with Crippen LogP contribution < -0.4 is 5.32 Å². The van der Waals surface area contributed by atoms with E-state index in [-0.39, 0.29) is 12.6 Å². The van der Waals surface area contributed by atoms with Crippen molar-refractivity contribution in [1.29, 1.82) is 0 Å². The summed E-state index contributed by atoms with van der Waals surface area (Å²) in [5.41, 5.74) is 1.07. The highest BCUT2D eigenvalue weighted by atomic mass is 16.5. The Kier molecular flexibility index (Phi) is 6.22. The van der Waals surface area contributed by atoms with E-state index in [2.05, 4.69) is 5.32 Å². The van der Waals surface area contributed by atoms with Crippen molar-refractivity contribution < 1.29 is 14.6 Å². The van der Waals surface area contributed by atoms with Crippen molar-refractivity contribution in [3.8, 4) is 0 Å². The summed E-state index contributed by atoms with van der Waals surface area (Å²) in [6.45, 7) is 4.22. The summed E-state index contributed by atoms with van der Waals surface area (Å²) in [4.78, 5) is 11.5. The molecule has 0 fully saturated rings. The lowest BCUT2D eigenvalue weighted by Gasteiger charge is -2.16. The van der Waals surface area contributed by atoms with Crippen molar-refractivity contribution in [2.24, 2.45) is 5.92 Å².